The molecular formula is C11H12F2O3. The highest BCUT2D eigenvalue weighted by Crippen LogP contribution is 2.15. The Hall–Kier alpha value is -1.65. The zero-order chi connectivity index (χ0) is 12.0. The zero-order valence-electron chi connectivity index (χ0n) is 8.83. The van der Waals surface area contributed by atoms with Crippen molar-refractivity contribution in [3.63, 3.8) is 0 Å². The molecule has 3 nitrogen and oxygen atoms in total. The lowest BCUT2D eigenvalue weighted by Gasteiger charge is -2.06. The Morgan fingerprint density at radius 1 is 1.25 bits per heavy atom. The Bertz CT molecular complexity index is 346. The lowest BCUT2D eigenvalue weighted by atomic mass is 10.3. The van der Waals surface area contributed by atoms with E-state index in [-0.39, 0.29) is 18.8 Å². The van der Waals surface area contributed by atoms with Crippen molar-refractivity contribution in [2.45, 2.75) is 13.3 Å². The Morgan fingerprint density at radius 2 is 1.88 bits per heavy atom. The first kappa shape index (κ1) is 12.4. The Balaban J connectivity index is 2.40. The SMILES string of the molecule is CCOC(=O)CCOc1cc(F)cc(F)c1. The van der Waals surface area contributed by atoms with Crippen molar-refractivity contribution in [3.05, 3.63) is 29.8 Å². The molecule has 0 N–H and O–H groups in total. The van der Waals surface area contributed by atoms with E-state index in [4.69, 9.17) is 4.74 Å². The van der Waals surface area contributed by atoms with Gasteiger partial charge in [0.25, 0.3) is 0 Å². The van der Waals surface area contributed by atoms with Crippen LogP contribution in [-0.2, 0) is 9.53 Å². The molecule has 0 amide bonds. The highest BCUT2D eigenvalue weighted by atomic mass is 19.1. The lowest BCUT2D eigenvalue weighted by molar-refractivity contribution is -0.143. The minimum absolute atomic E-state index is 0.0295. The fraction of sp³-hybridized carbons (Fsp3) is 0.364. The molecule has 0 aliphatic rings. The topological polar surface area (TPSA) is 35.5 Å². The summed E-state index contributed by atoms with van der Waals surface area (Å²) < 4.78 is 35.1. The quantitative estimate of drug-likeness (QED) is 0.728. The lowest BCUT2D eigenvalue weighted by Crippen LogP contribution is -2.09. The molecule has 0 aliphatic carbocycles. The van der Waals surface area contributed by atoms with Crippen LogP contribution in [0.5, 0.6) is 5.75 Å². The van der Waals surface area contributed by atoms with Crippen LogP contribution in [0.15, 0.2) is 18.2 Å². The number of benzene rings is 1. The molecule has 88 valence electrons. The summed E-state index contributed by atoms with van der Waals surface area (Å²) in [5.41, 5.74) is 0. The maximum atomic E-state index is 12.7. The van der Waals surface area contributed by atoms with Crippen LogP contribution in [0.4, 0.5) is 8.78 Å². The molecule has 0 radical (unpaired) electrons. The maximum absolute atomic E-state index is 12.7. The maximum Gasteiger partial charge on any atom is 0.309 e. The summed E-state index contributed by atoms with van der Waals surface area (Å²) in [7, 11) is 0. The minimum Gasteiger partial charge on any atom is -0.493 e. The highest BCUT2D eigenvalue weighted by molar-refractivity contribution is 5.69. The Labute approximate surface area is 92.0 Å². The van der Waals surface area contributed by atoms with Gasteiger partial charge in [0, 0.05) is 18.2 Å². The smallest absolute Gasteiger partial charge is 0.309 e. The fourth-order valence-electron chi connectivity index (χ4n) is 1.10. The van der Waals surface area contributed by atoms with Gasteiger partial charge in [-0.05, 0) is 6.92 Å². The van der Waals surface area contributed by atoms with E-state index >= 15 is 0 Å². The van der Waals surface area contributed by atoms with Crippen molar-refractivity contribution in [3.8, 4) is 5.75 Å². The van der Waals surface area contributed by atoms with Crippen LogP contribution in [0.2, 0.25) is 0 Å². The number of hydrogen-bond donors (Lipinski definition) is 0. The number of ether oxygens (including phenoxy) is 2. The van der Waals surface area contributed by atoms with Crippen molar-refractivity contribution in [1.29, 1.82) is 0 Å². The number of halogens is 2. The minimum atomic E-state index is -0.717. The van der Waals surface area contributed by atoms with Crippen molar-refractivity contribution < 1.29 is 23.0 Å². The van der Waals surface area contributed by atoms with Crippen molar-refractivity contribution in [1.82, 2.24) is 0 Å². The van der Waals surface area contributed by atoms with Gasteiger partial charge in [0.1, 0.15) is 17.4 Å². The molecule has 0 spiro atoms. The molecule has 0 heterocycles. The number of carbonyl (C=O) groups excluding carboxylic acids is 1. The standard InChI is InChI=1S/C11H12F2O3/c1-2-15-11(14)3-4-16-10-6-8(12)5-9(13)7-10/h5-7H,2-4H2,1H3. The first-order valence-electron chi connectivity index (χ1n) is 4.86. The van der Waals surface area contributed by atoms with E-state index in [1.165, 1.54) is 0 Å². The first-order chi connectivity index (χ1) is 7.61. The molecule has 0 fully saturated rings. The van der Waals surface area contributed by atoms with Gasteiger partial charge in [0.05, 0.1) is 19.6 Å². The molecule has 0 bridgehead atoms. The van der Waals surface area contributed by atoms with Crippen molar-refractivity contribution >= 4 is 5.97 Å². The van der Waals surface area contributed by atoms with Crippen molar-refractivity contribution in [2.24, 2.45) is 0 Å². The van der Waals surface area contributed by atoms with Gasteiger partial charge >= 0.3 is 5.97 Å². The third-order valence-electron chi connectivity index (χ3n) is 1.72. The summed E-state index contributed by atoms with van der Waals surface area (Å²) in [6.07, 6.45) is 0.0476. The van der Waals surface area contributed by atoms with Crippen LogP contribution in [0.3, 0.4) is 0 Å². The number of carbonyl (C=O) groups is 1. The van der Waals surface area contributed by atoms with Crippen LogP contribution < -0.4 is 4.74 Å². The third kappa shape index (κ3) is 4.25. The molecule has 0 atom stereocenters. The van der Waals surface area contributed by atoms with E-state index in [0.29, 0.717) is 6.61 Å². The second-order valence-electron chi connectivity index (χ2n) is 3.01. The van der Waals surface area contributed by atoms with Gasteiger partial charge in [-0.3, -0.25) is 4.79 Å². The summed E-state index contributed by atoms with van der Waals surface area (Å²) in [6, 6.07) is 2.85. The second kappa shape index (κ2) is 6.05. The molecule has 0 aromatic heterocycles. The van der Waals surface area contributed by atoms with Gasteiger partial charge in [0.2, 0.25) is 0 Å². The summed E-state index contributed by atoms with van der Waals surface area (Å²) in [5, 5.41) is 0. The van der Waals surface area contributed by atoms with E-state index in [0.717, 1.165) is 18.2 Å². The number of rotatable bonds is 5. The summed E-state index contributed by atoms with van der Waals surface area (Å²) in [5.74, 6) is -1.78. The zero-order valence-corrected chi connectivity index (χ0v) is 8.83. The fourth-order valence-corrected chi connectivity index (χ4v) is 1.10. The third-order valence-corrected chi connectivity index (χ3v) is 1.72. The predicted molar refractivity (Wildman–Crippen MR) is 53.1 cm³/mol. The van der Waals surface area contributed by atoms with Crippen LogP contribution in [0, 0.1) is 11.6 Å². The largest absolute Gasteiger partial charge is 0.493 e. The predicted octanol–water partition coefficient (Wildman–Crippen LogP) is 2.30. The Morgan fingerprint density at radius 3 is 2.44 bits per heavy atom. The van der Waals surface area contributed by atoms with E-state index in [1.807, 2.05) is 0 Å². The normalized spacial score (nSPS) is 9.94. The summed E-state index contributed by atoms with van der Waals surface area (Å²) >= 11 is 0. The van der Waals surface area contributed by atoms with Gasteiger partial charge in [-0.1, -0.05) is 0 Å². The molecule has 0 saturated heterocycles. The van der Waals surface area contributed by atoms with Gasteiger partial charge in [-0.2, -0.15) is 0 Å². The number of hydrogen-bond acceptors (Lipinski definition) is 3. The monoisotopic (exact) mass is 230 g/mol. The average molecular weight is 230 g/mol. The van der Waals surface area contributed by atoms with Crippen molar-refractivity contribution in [2.75, 3.05) is 13.2 Å². The van der Waals surface area contributed by atoms with Crippen LogP contribution >= 0.6 is 0 Å². The average Bonchev–Trinajstić information content (AvgIpc) is 2.16. The molecule has 0 aliphatic heterocycles. The molecule has 0 saturated carbocycles. The summed E-state index contributed by atoms with van der Waals surface area (Å²) in [4.78, 5) is 10.9. The second-order valence-corrected chi connectivity index (χ2v) is 3.01. The summed E-state index contributed by atoms with van der Waals surface area (Å²) in [6.45, 7) is 2.02. The first-order valence-corrected chi connectivity index (χ1v) is 4.86. The van der Waals surface area contributed by atoms with Crippen LogP contribution in [0.1, 0.15) is 13.3 Å². The van der Waals surface area contributed by atoms with Crippen LogP contribution in [-0.4, -0.2) is 19.2 Å². The van der Waals surface area contributed by atoms with Crippen LogP contribution in [0.25, 0.3) is 0 Å². The highest BCUT2D eigenvalue weighted by Gasteiger charge is 2.04. The van der Waals surface area contributed by atoms with Gasteiger partial charge in [-0.15, -0.1) is 0 Å². The van der Waals surface area contributed by atoms with E-state index in [1.54, 1.807) is 6.92 Å². The molecule has 1 aromatic rings. The molecule has 5 heteroatoms. The molecule has 1 aromatic carbocycles. The van der Waals surface area contributed by atoms with E-state index < -0.39 is 17.6 Å². The molecule has 16 heavy (non-hydrogen) atoms. The van der Waals surface area contributed by atoms with Gasteiger partial charge in [0.15, 0.2) is 0 Å². The Kier molecular flexibility index (Phi) is 4.69. The molecule has 1 rings (SSSR count). The van der Waals surface area contributed by atoms with E-state index in [9.17, 15) is 13.6 Å². The molecular weight excluding hydrogens is 218 g/mol. The van der Waals surface area contributed by atoms with Gasteiger partial charge in [-0.25, -0.2) is 8.78 Å². The number of esters is 1. The van der Waals surface area contributed by atoms with E-state index in [2.05, 4.69) is 4.74 Å². The molecule has 0 unspecified atom stereocenters. The van der Waals surface area contributed by atoms with Gasteiger partial charge < -0.3 is 9.47 Å².